The lowest BCUT2D eigenvalue weighted by molar-refractivity contribution is -0.0639. The molecule has 1 heterocycles. The Kier molecular flexibility index (Phi) is 5.35. The summed E-state index contributed by atoms with van der Waals surface area (Å²) in [4.78, 5) is 0. The molecule has 0 saturated heterocycles. The van der Waals surface area contributed by atoms with Crippen molar-refractivity contribution in [1.82, 2.24) is 4.67 Å². The first-order valence-electron chi connectivity index (χ1n) is 15.8. The molecular formula is C36H40NO2P. The van der Waals surface area contributed by atoms with Crippen LogP contribution in [0.2, 0.25) is 0 Å². The average molecular weight is 550 g/mol. The van der Waals surface area contributed by atoms with Crippen LogP contribution in [0.25, 0.3) is 0 Å². The van der Waals surface area contributed by atoms with E-state index in [1.54, 1.807) is 0 Å². The van der Waals surface area contributed by atoms with E-state index in [4.69, 9.17) is 9.05 Å². The highest BCUT2D eigenvalue weighted by atomic mass is 31.2. The van der Waals surface area contributed by atoms with Crippen LogP contribution in [-0.2, 0) is 18.3 Å². The second kappa shape index (κ2) is 8.83. The lowest BCUT2D eigenvalue weighted by atomic mass is 9.49. The van der Waals surface area contributed by atoms with E-state index in [1.165, 1.54) is 79.2 Å². The Morgan fingerprint density at radius 2 is 1.30 bits per heavy atom. The zero-order valence-corrected chi connectivity index (χ0v) is 24.5. The van der Waals surface area contributed by atoms with E-state index in [0.717, 1.165) is 48.6 Å². The molecule has 3 aromatic rings. The second-order valence-corrected chi connectivity index (χ2v) is 15.5. The molecule has 4 fully saturated rings. The van der Waals surface area contributed by atoms with Crippen LogP contribution in [0.1, 0.15) is 92.1 Å². The summed E-state index contributed by atoms with van der Waals surface area (Å²) in [6.45, 7) is 3.46. The molecule has 4 heteroatoms. The van der Waals surface area contributed by atoms with Crippen molar-refractivity contribution in [3.63, 3.8) is 0 Å². The molecule has 10 rings (SSSR count). The lowest BCUT2D eigenvalue weighted by Gasteiger charge is -2.58. The minimum Gasteiger partial charge on any atom is -0.427 e. The number of hydrogen-bond donors (Lipinski definition) is 0. The molecular weight excluding hydrogens is 509 g/mol. The smallest absolute Gasteiger partial charge is 0.385 e. The predicted octanol–water partition coefficient (Wildman–Crippen LogP) is 9.14. The summed E-state index contributed by atoms with van der Waals surface area (Å²) in [5.74, 6) is 4.96. The van der Waals surface area contributed by atoms with Crippen LogP contribution in [0.3, 0.4) is 0 Å². The molecule has 0 N–H and O–H groups in total. The van der Waals surface area contributed by atoms with Gasteiger partial charge in [-0.25, -0.2) is 4.67 Å². The van der Waals surface area contributed by atoms with Crippen molar-refractivity contribution in [2.24, 2.45) is 23.2 Å². The Labute approximate surface area is 240 Å². The first-order valence-corrected chi connectivity index (χ1v) is 16.9. The third-order valence-corrected chi connectivity index (χ3v) is 13.4. The molecule has 0 amide bonds. The average Bonchev–Trinajstić information content (AvgIpc) is 3.52. The number of hydrogen-bond acceptors (Lipinski definition) is 3. The van der Waals surface area contributed by atoms with Gasteiger partial charge in [-0.1, -0.05) is 54.6 Å². The van der Waals surface area contributed by atoms with Crippen molar-refractivity contribution >= 4 is 8.53 Å². The van der Waals surface area contributed by atoms with Gasteiger partial charge in [0.1, 0.15) is 11.5 Å². The van der Waals surface area contributed by atoms with Gasteiger partial charge in [0.15, 0.2) is 0 Å². The van der Waals surface area contributed by atoms with Crippen molar-refractivity contribution in [2.75, 3.05) is 6.54 Å². The highest BCUT2D eigenvalue weighted by Crippen LogP contribution is 2.65. The highest BCUT2D eigenvalue weighted by molar-refractivity contribution is 7.45. The number of benzene rings is 3. The van der Waals surface area contributed by atoms with E-state index >= 15 is 0 Å². The van der Waals surface area contributed by atoms with Gasteiger partial charge < -0.3 is 9.05 Å². The molecule has 1 aliphatic heterocycles. The van der Waals surface area contributed by atoms with Crippen molar-refractivity contribution in [3.8, 4) is 11.5 Å². The maximum atomic E-state index is 7.22. The van der Waals surface area contributed by atoms with E-state index in [9.17, 15) is 0 Å². The standard InChI is InChI=1S/C36H40NO2P/c1-24(28-7-3-2-4-8-28)37(23-35-20-25-17-26(21-35)19-27(18-25)22-35)40-38-31-11-5-9-29-13-15-36(33(29)31)16-14-30-10-6-12-32(39-40)34(30)36/h2-12,24-27H,13-23H2,1H3. The summed E-state index contributed by atoms with van der Waals surface area (Å²) in [5, 5.41) is 0. The maximum Gasteiger partial charge on any atom is 0.385 e. The third-order valence-electron chi connectivity index (χ3n) is 11.8. The summed E-state index contributed by atoms with van der Waals surface area (Å²) in [6, 6.07) is 24.9. The molecule has 40 heavy (non-hydrogen) atoms. The predicted molar refractivity (Wildman–Crippen MR) is 161 cm³/mol. The van der Waals surface area contributed by atoms with Crippen LogP contribution in [0.5, 0.6) is 11.5 Å². The van der Waals surface area contributed by atoms with E-state index in [-0.39, 0.29) is 11.5 Å². The molecule has 1 unspecified atom stereocenters. The number of aryl methyl sites for hydroxylation is 2. The molecule has 4 saturated carbocycles. The molecule has 4 bridgehead atoms. The first kappa shape index (κ1) is 24.3. The number of rotatable bonds is 5. The van der Waals surface area contributed by atoms with E-state index in [1.807, 2.05) is 0 Å². The Bertz CT molecular complexity index is 1370. The van der Waals surface area contributed by atoms with E-state index in [2.05, 4.69) is 78.3 Å². The van der Waals surface area contributed by atoms with Crippen LogP contribution >= 0.6 is 8.53 Å². The van der Waals surface area contributed by atoms with Crippen molar-refractivity contribution in [1.29, 1.82) is 0 Å². The van der Waals surface area contributed by atoms with Gasteiger partial charge in [-0.3, -0.25) is 0 Å². The van der Waals surface area contributed by atoms with Crippen LogP contribution in [0.4, 0.5) is 0 Å². The first-order chi connectivity index (χ1) is 19.6. The van der Waals surface area contributed by atoms with Gasteiger partial charge in [0, 0.05) is 29.1 Å². The Morgan fingerprint density at radius 1 is 0.750 bits per heavy atom. The van der Waals surface area contributed by atoms with Crippen molar-refractivity contribution in [2.45, 2.75) is 82.6 Å². The zero-order valence-electron chi connectivity index (χ0n) is 23.6. The molecule has 0 aromatic heterocycles. The molecule has 1 atom stereocenters. The summed E-state index contributed by atoms with van der Waals surface area (Å²) in [7, 11) is -1.34. The summed E-state index contributed by atoms with van der Waals surface area (Å²) >= 11 is 0. The molecule has 0 radical (unpaired) electrons. The molecule has 7 aliphatic rings. The summed E-state index contributed by atoms with van der Waals surface area (Å²) in [6.07, 6.45) is 13.2. The highest BCUT2D eigenvalue weighted by Gasteiger charge is 2.54. The second-order valence-electron chi connectivity index (χ2n) is 14.2. The Morgan fingerprint density at radius 3 is 1.85 bits per heavy atom. The van der Waals surface area contributed by atoms with Gasteiger partial charge in [0.05, 0.1) is 0 Å². The molecule has 6 aliphatic carbocycles. The van der Waals surface area contributed by atoms with Gasteiger partial charge in [-0.2, -0.15) is 0 Å². The van der Waals surface area contributed by atoms with E-state index < -0.39 is 8.53 Å². The van der Waals surface area contributed by atoms with Crippen LogP contribution < -0.4 is 9.05 Å². The normalized spacial score (nSPS) is 31.2. The number of nitrogens with zero attached hydrogens (tertiary/aromatic N) is 1. The minimum absolute atomic E-state index is 0.0507. The lowest BCUT2D eigenvalue weighted by Crippen LogP contribution is -2.51. The van der Waals surface area contributed by atoms with Gasteiger partial charge in [-0.05, 0) is 123 Å². The third kappa shape index (κ3) is 3.56. The summed E-state index contributed by atoms with van der Waals surface area (Å²) in [5.41, 5.74) is 7.72. The zero-order chi connectivity index (χ0) is 26.5. The van der Waals surface area contributed by atoms with Gasteiger partial charge in [-0.15, -0.1) is 0 Å². The quantitative estimate of drug-likeness (QED) is 0.296. The fourth-order valence-corrected chi connectivity index (χ4v) is 12.3. The van der Waals surface area contributed by atoms with Crippen LogP contribution in [0.15, 0.2) is 66.7 Å². The molecule has 3 aromatic carbocycles. The van der Waals surface area contributed by atoms with Crippen molar-refractivity contribution in [3.05, 3.63) is 94.5 Å². The fraction of sp³-hybridized carbons (Fsp3) is 0.500. The van der Waals surface area contributed by atoms with Gasteiger partial charge in [0.2, 0.25) is 0 Å². The van der Waals surface area contributed by atoms with Crippen LogP contribution in [0, 0.1) is 23.2 Å². The van der Waals surface area contributed by atoms with Gasteiger partial charge in [0.25, 0.3) is 0 Å². The molecule has 1 spiro atoms. The molecule has 3 nitrogen and oxygen atoms in total. The topological polar surface area (TPSA) is 21.7 Å². The molecule has 206 valence electrons. The monoisotopic (exact) mass is 549 g/mol. The van der Waals surface area contributed by atoms with Crippen LogP contribution in [-0.4, -0.2) is 11.2 Å². The maximum absolute atomic E-state index is 7.22. The van der Waals surface area contributed by atoms with E-state index in [0.29, 0.717) is 5.41 Å². The fourth-order valence-electron chi connectivity index (χ4n) is 10.6. The van der Waals surface area contributed by atoms with Crippen molar-refractivity contribution < 1.29 is 9.05 Å². The summed E-state index contributed by atoms with van der Waals surface area (Å²) < 4.78 is 17.1. The minimum atomic E-state index is -1.34. The van der Waals surface area contributed by atoms with Gasteiger partial charge >= 0.3 is 8.53 Å². The Balaban J connectivity index is 1.17. The Hall–Kier alpha value is -2.35. The SMILES string of the molecule is CC(c1ccccc1)N(CC12CC3CC(CC(C3)C1)C2)P1Oc2cccc3c2C2(CC3)CCc3cccc(c32)O1. The largest absolute Gasteiger partial charge is 0.427 e.